The van der Waals surface area contributed by atoms with Crippen molar-refractivity contribution in [1.82, 2.24) is 10.6 Å². The molecule has 0 spiro atoms. The van der Waals surface area contributed by atoms with Crippen LogP contribution in [0.15, 0.2) is 46.0 Å². The van der Waals surface area contributed by atoms with E-state index in [-0.39, 0.29) is 24.0 Å². The highest BCUT2D eigenvalue weighted by molar-refractivity contribution is 14.0. The van der Waals surface area contributed by atoms with Crippen molar-refractivity contribution in [2.24, 2.45) is 4.99 Å². The first kappa shape index (κ1) is 23.3. The molecule has 6 nitrogen and oxygen atoms in total. The first-order valence-corrected chi connectivity index (χ1v) is 8.98. The molecule has 7 heteroatoms. The third-order valence-corrected chi connectivity index (χ3v) is 3.82. The molecule has 1 heterocycles. The van der Waals surface area contributed by atoms with Crippen LogP contribution in [0.25, 0.3) is 0 Å². The van der Waals surface area contributed by atoms with E-state index < -0.39 is 0 Å². The zero-order chi connectivity index (χ0) is 18.6. The van der Waals surface area contributed by atoms with Crippen LogP contribution in [0.4, 0.5) is 0 Å². The van der Waals surface area contributed by atoms with Gasteiger partial charge in [0.05, 0.1) is 19.9 Å². The van der Waals surface area contributed by atoms with Crippen LogP contribution in [0.3, 0.4) is 0 Å². The summed E-state index contributed by atoms with van der Waals surface area (Å²) in [4.78, 5) is 4.63. The number of nitrogens with zero attached hydrogens (tertiary/aromatic N) is 1. The highest BCUT2D eigenvalue weighted by Crippen LogP contribution is 2.19. The predicted molar refractivity (Wildman–Crippen MR) is 119 cm³/mol. The number of nitrogens with one attached hydrogen (secondary N) is 2. The van der Waals surface area contributed by atoms with Crippen LogP contribution in [0.2, 0.25) is 0 Å². The maximum absolute atomic E-state index is 5.58. The van der Waals surface area contributed by atoms with Crippen molar-refractivity contribution < 1.29 is 13.9 Å². The Bertz CT molecular complexity index is 675. The lowest BCUT2D eigenvalue weighted by Crippen LogP contribution is -2.38. The van der Waals surface area contributed by atoms with Gasteiger partial charge in [0.25, 0.3) is 0 Å². The van der Waals surface area contributed by atoms with Gasteiger partial charge in [0.2, 0.25) is 0 Å². The Kier molecular flexibility index (Phi) is 11.6. The summed E-state index contributed by atoms with van der Waals surface area (Å²) >= 11 is 0. The summed E-state index contributed by atoms with van der Waals surface area (Å²) in [6.45, 7) is 7.48. The van der Waals surface area contributed by atoms with Crippen LogP contribution in [0.1, 0.15) is 30.2 Å². The van der Waals surface area contributed by atoms with Crippen LogP contribution < -0.4 is 15.4 Å². The molecule has 1 aromatic heterocycles. The second-order valence-corrected chi connectivity index (χ2v) is 5.91. The average Bonchev–Trinajstić information content (AvgIpc) is 3.17. The molecule has 2 N–H and O–H groups in total. The summed E-state index contributed by atoms with van der Waals surface area (Å²) in [5, 5.41) is 6.59. The summed E-state index contributed by atoms with van der Waals surface area (Å²) in [7, 11) is 1.69. The third-order valence-electron chi connectivity index (χ3n) is 3.82. The Hall–Kier alpha value is -1.74. The molecule has 0 saturated carbocycles. The van der Waals surface area contributed by atoms with E-state index in [2.05, 4.69) is 34.7 Å². The van der Waals surface area contributed by atoms with Crippen molar-refractivity contribution in [3.63, 3.8) is 0 Å². The van der Waals surface area contributed by atoms with Gasteiger partial charge in [-0.3, -0.25) is 0 Å². The van der Waals surface area contributed by atoms with Crippen LogP contribution >= 0.6 is 24.0 Å². The lowest BCUT2D eigenvalue weighted by Gasteiger charge is -2.12. The zero-order valence-electron chi connectivity index (χ0n) is 16.3. The van der Waals surface area contributed by atoms with Crippen LogP contribution in [0, 0.1) is 6.92 Å². The van der Waals surface area contributed by atoms with Gasteiger partial charge in [-0.25, -0.2) is 4.99 Å². The Morgan fingerprint density at radius 3 is 2.78 bits per heavy atom. The number of halogens is 1. The first-order valence-electron chi connectivity index (χ1n) is 8.98. The van der Waals surface area contributed by atoms with E-state index >= 15 is 0 Å². The Morgan fingerprint density at radius 1 is 1.22 bits per heavy atom. The third kappa shape index (κ3) is 8.66. The van der Waals surface area contributed by atoms with Gasteiger partial charge >= 0.3 is 0 Å². The van der Waals surface area contributed by atoms with Crippen molar-refractivity contribution >= 4 is 29.9 Å². The molecular weight excluding hydrogens is 457 g/mol. The molecule has 0 fully saturated rings. The van der Waals surface area contributed by atoms with Gasteiger partial charge in [0.15, 0.2) is 5.96 Å². The molecule has 150 valence electrons. The first-order chi connectivity index (χ1) is 12.7. The minimum absolute atomic E-state index is 0. The monoisotopic (exact) mass is 487 g/mol. The zero-order valence-corrected chi connectivity index (χ0v) is 18.6. The van der Waals surface area contributed by atoms with Crippen molar-refractivity contribution in [1.29, 1.82) is 0 Å². The molecule has 2 rings (SSSR count). The Labute approximate surface area is 178 Å². The molecule has 0 aliphatic heterocycles. The van der Waals surface area contributed by atoms with E-state index in [4.69, 9.17) is 13.9 Å². The Balaban J connectivity index is 0.00000364. The minimum Gasteiger partial charge on any atom is -0.496 e. The highest BCUT2D eigenvalue weighted by atomic mass is 127. The number of guanidine groups is 1. The maximum atomic E-state index is 5.58. The van der Waals surface area contributed by atoms with E-state index in [9.17, 15) is 0 Å². The summed E-state index contributed by atoms with van der Waals surface area (Å²) in [5.41, 5.74) is 2.24. The average molecular weight is 487 g/mol. The van der Waals surface area contributed by atoms with Gasteiger partial charge in [-0.2, -0.15) is 0 Å². The molecule has 0 radical (unpaired) electrons. The molecule has 0 unspecified atom stereocenters. The molecule has 1 aromatic carbocycles. The van der Waals surface area contributed by atoms with Gasteiger partial charge in [-0.05, 0) is 49.6 Å². The largest absolute Gasteiger partial charge is 0.496 e. The molecule has 0 aliphatic rings. The molecule has 0 amide bonds. The number of ether oxygens (including phenoxy) is 2. The molecule has 0 saturated heterocycles. The van der Waals surface area contributed by atoms with E-state index in [0.29, 0.717) is 19.8 Å². The van der Waals surface area contributed by atoms with Gasteiger partial charge in [0.1, 0.15) is 18.1 Å². The van der Waals surface area contributed by atoms with Crippen molar-refractivity contribution in [3.05, 3.63) is 53.5 Å². The summed E-state index contributed by atoms with van der Waals surface area (Å²) in [6.07, 6.45) is 2.55. The van der Waals surface area contributed by atoms with E-state index in [1.165, 1.54) is 0 Å². The van der Waals surface area contributed by atoms with Crippen molar-refractivity contribution in [2.75, 3.05) is 26.8 Å². The van der Waals surface area contributed by atoms with Gasteiger partial charge in [-0.15, -0.1) is 24.0 Å². The number of rotatable bonds is 10. The number of aryl methyl sites for hydroxylation is 1. The SMILES string of the molecule is CCNC(=NCc1ccc(C)c(OC)c1)NCCCOCc1ccco1.I. The fourth-order valence-electron chi connectivity index (χ4n) is 2.42. The van der Waals surface area contributed by atoms with Crippen LogP contribution in [-0.2, 0) is 17.9 Å². The van der Waals surface area contributed by atoms with Gasteiger partial charge in [-0.1, -0.05) is 12.1 Å². The second kappa shape index (κ2) is 13.4. The van der Waals surface area contributed by atoms with Gasteiger partial charge in [0, 0.05) is 19.7 Å². The lowest BCUT2D eigenvalue weighted by molar-refractivity contribution is 0.105. The highest BCUT2D eigenvalue weighted by Gasteiger charge is 2.02. The standard InChI is InChI=1S/C20H29N3O3.HI/c1-4-21-20(22-10-6-11-25-15-18-7-5-12-26-18)23-14-17-9-8-16(2)19(13-17)24-3;/h5,7-9,12-13H,4,6,10-11,14-15H2,1-3H3,(H2,21,22,23);1H. The predicted octanol–water partition coefficient (Wildman–Crippen LogP) is 3.88. The number of hydrogen-bond donors (Lipinski definition) is 2. The smallest absolute Gasteiger partial charge is 0.191 e. The summed E-state index contributed by atoms with van der Waals surface area (Å²) < 4.78 is 16.2. The summed E-state index contributed by atoms with van der Waals surface area (Å²) in [6, 6.07) is 9.94. The fourth-order valence-corrected chi connectivity index (χ4v) is 2.42. The quantitative estimate of drug-likeness (QED) is 0.231. The van der Waals surface area contributed by atoms with Gasteiger partial charge < -0.3 is 24.5 Å². The topological polar surface area (TPSA) is 68.0 Å². The Morgan fingerprint density at radius 2 is 2.07 bits per heavy atom. The number of methoxy groups -OCH3 is 1. The molecule has 0 aliphatic carbocycles. The fraction of sp³-hybridized carbons (Fsp3) is 0.450. The molecule has 0 atom stereocenters. The van der Waals surface area contributed by atoms with Crippen LogP contribution in [-0.4, -0.2) is 32.8 Å². The minimum atomic E-state index is 0. The lowest BCUT2D eigenvalue weighted by atomic mass is 10.1. The van der Waals surface area contributed by atoms with E-state index in [0.717, 1.165) is 48.1 Å². The summed E-state index contributed by atoms with van der Waals surface area (Å²) in [5.74, 6) is 2.55. The van der Waals surface area contributed by atoms with E-state index in [1.807, 2.05) is 25.1 Å². The van der Waals surface area contributed by atoms with E-state index in [1.54, 1.807) is 13.4 Å². The number of benzene rings is 1. The number of hydrogen-bond acceptors (Lipinski definition) is 4. The molecule has 0 bridgehead atoms. The second-order valence-electron chi connectivity index (χ2n) is 5.91. The molecule has 2 aromatic rings. The van der Waals surface area contributed by atoms with Crippen molar-refractivity contribution in [2.45, 2.75) is 33.4 Å². The number of furan rings is 1. The normalized spacial score (nSPS) is 11.0. The molecular formula is C20H30IN3O3. The maximum Gasteiger partial charge on any atom is 0.191 e. The van der Waals surface area contributed by atoms with Crippen LogP contribution in [0.5, 0.6) is 5.75 Å². The number of aliphatic imine (C=N–C) groups is 1. The van der Waals surface area contributed by atoms with Crippen molar-refractivity contribution in [3.8, 4) is 5.75 Å². The molecule has 27 heavy (non-hydrogen) atoms.